The van der Waals surface area contributed by atoms with Gasteiger partial charge in [0.25, 0.3) is 0 Å². The Morgan fingerprint density at radius 2 is 2.00 bits per heavy atom. The molecule has 2 aromatic rings. The number of nitrogens with one attached hydrogen (secondary N) is 1. The van der Waals surface area contributed by atoms with Gasteiger partial charge in [-0.25, -0.2) is 4.98 Å². The minimum atomic E-state index is -0.113. The normalized spacial score (nSPS) is 10.0. The van der Waals surface area contributed by atoms with Crippen LogP contribution in [0.2, 0.25) is 0 Å². The van der Waals surface area contributed by atoms with Crippen molar-refractivity contribution >= 4 is 17.3 Å². The summed E-state index contributed by atoms with van der Waals surface area (Å²) in [6.07, 6.45) is 1.69. The molecule has 1 amide bonds. The highest BCUT2D eigenvalue weighted by atomic mass is 16.5. The summed E-state index contributed by atoms with van der Waals surface area (Å²) in [5.41, 5.74) is 8.00. The van der Waals surface area contributed by atoms with Gasteiger partial charge in [0, 0.05) is 18.8 Å². The van der Waals surface area contributed by atoms with Crippen LogP contribution in [-0.4, -0.2) is 10.9 Å². The van der Waals surface area contributed by atoms with E-state index < -0.39 is 0 Å². The molecule has 0 saturated heterocycles. The highest BCUT2D eigenvalue weighted by molar-refractivity contribution is 5.88. The van der Waals surface area contributed by atoms with E-state index in [9.17, 15) is 4.79 Å². The number of anilines is 2. The van der Waals surface area contributed by atoms with Gasteiger partial charge in [0.15, 0.2) is 0 Å². The van der Waals surface area contributed by atoms with E-state index >= 15 is 0 Å². The Bertz CT molecular complexity index is 594. The lowest BCUT2D eigenvalue weighted by molar-refractivity contribution is -0.114. The minimum Gasteiger partial charge on any atom is -0.437 e. The van der Waals surface area contributed by atoms with Crippen LogP contribution in [0.15, 0.2) is 36.5 Å². The van der Waals surface area contributed by atoms with Crippen molar-refractivity contribution in [1.82, 2.24) is 4.98 Å². The molecule has 3 N–H and O–H groups in total. The first-order valence-corrected chi connectivity index (χ1v) is 5.82. The molecule has 19 heavy (non-hydrogen) atoms. The van der Waals surface area contributed by atoms with Gasteiger partial charge in [-0.2, -0.15) is 0 Å². The summed E-state index contributed by atoms with van der Waals surface area (Å²) >= 11 is 0. The molecule has 0 aliphatic carbocycles. The molecule has 0 aliphatic heterocycles. The first-order valence-electron chi connectivity index (χ1n) is 5.82. The first kappa shape index (κ1) is 12.9. The highest BCUT2D eigenvalue weighted by Crippen LogP contribution is 2.26. The van der Waals surface area contributed by atoms with Crippen molar-refractivity contribution in [2.75, 3.05) is 11.1 Å². The van der Waals surface area contributed by atoms with Gasteiger partial charge in [0.05, 0.1) is 5.69 Å². The fraction of sp³-hybridized carbons (Fsp3) is 0.143. The summed E-state index contributed by atoms with van der Waals surface area (Å²) in [7, 11) is 0. The number of benzene rings is 1. The molecule has 1 aromatic heterocycles. The molecule has 1 aromatic carbocycles. The van der Waals surface area contributed by atoms with Crippen molar-refractivity contribution in [1.29, 1.82) is 0 Å². The zero-order chi connectivity index (χ0) is 13.8. The van der Waals surface area contributed by atoms with Gasteiger partial charge >= 0.3 is 0 Å². The smallest absolute Gasteiger partial charge is 0.242 e. The number of nitrogens with zero attached hydrogens (tertiary/aromatic N) is 1. The fourth-order valence-electron chi connectivity index (χ4n) is 1.59. The van der Waals surface area contributed by atoms with Crippen molar-refractivity contribution < 1.29 is 9.53 Å². The number of carbonyl (C=O) groups excluding carboxylic acids is 1. The molecule has 2 rings (SSSR count). The largest absolute Gasteiger partial charge is 0.437 e. The molecular formula is C14H15N3O2. The minimum absolute atomic E-state index is 0.113. The molecule has 0 unspecified atom stereocenters. The van der Waals surface area contributed by atoms with Gasteiger partial charge in [-0.3, -0.25) is 4.79 Å². The summed E-state index contributed by atoms with van der Waals surface area (Å²) in [5.74, 6) is 0.869. The number of rotatable bonds is 3. The summed E-state index contributed by atoms with van der Waals surface area (Å²) in [6.45, 7) is 3.37. The Hall–Kier alpha value is -2.56. The van der Waals surface area contributed by atoms with E-state index in [-0.39, 0.29) is 5.91 Å². The average Bonchev–Trinajstić information content (AvgIpc) is 2.34. The van der Waals surface area contributed by atoms with E-state index in [2.05, 4.69) is 10.3 Å². The maximum atomic E-state index is 10.9. The van der Waals surface area contributed by atoms with E-state index in [0.717, 1.165) is 5.56 Å². The number of ether oxygens (including phenoxy) is 1. The van der Waals surface area contributed by atoms with Crippen molar-refractivity contribution in [3.05, 3.63) is 42.1 Å². The molecule has 1 heterocycles. The molecule has 0 spiro atoms. The number of hydrogen-bond acceptors (Lipinski definition) is 4. The van der Waals surface area contributed by atoms with Crippen LogP contribution in [0.5, 0.6) is 11.6 Å². The van der Waals surface area contributed by atoms with Gasteiger partial charge in [0.1, 0.15) is 5.75 Å². The highest BCUT2D eigenvalue weighted by Gasteiger charge is 2.04. The maximum Gasteiger partial charge on any atom is 0.242 e. The van der Waals surface area contributed by atoms with Gasteiger partial charge in [-0.05, 0) is 42.8 Å². The standard InChI is InChI=1S/C14H15N3O2/c1-9-7-13(15)14(16-8-9)19-12-5-3-11(4-6-12)17-10(2)18/h3-8H,15H2,1-2H3,(H,17,18). The van der Waals surface area contributed by atoms with Crippen LogP contribution in [0.4, 0.5) is 11.4 Å². The molecule has 0 fully saturated rings. The molecule has 0 bridgehead atoms. The molecule has 5 nitrogen and oxygen atoms in total. The summed E-state index contributed by atoms with van der Waals surface area (Å²) in [4.78, 5) is 15.0. The predicted octanol–water partition coefficient (Wildman–Crippen LogP) is 2.72. The number of nitrogen functional groups attached to an aromatic ring is 1. The number of amides is 1. The van der Waals surface area contributed by atoms with E-state index in [1.54, 1.807) is 36.5 Å². The van der Waals surface area contributed by atoms with Crippen LogP contribution >= 0.6 is 0 Å². The number of nitrogens with two attached hydrogens (primary N) is 1. The summed E-state index contributed by atoms with van der Waals surface area (Å²) in [6, 6.07) is 8.79. The van der Waals surface area contributed by atoms with E-state index in [1.807, 2.05) is 6.92 Å². The Labute approximate surface area is 111 Å². The van der Waals surface area contributed by atoms with Crippen LogP contribution in [0, 0.1) is 6.92 Å². The predicted molar refractivity (Wildman–Crippen MR) is 74.2 cm³/mol. The number of hydrogen-bond donors (Lipinski definition) is 2. The third-order valence-electron chi connectivity index (χ3n) is 2.40. The second-order valence-corrected chi connectivity index (χ2v) is 4.21. The molecular weight excluding hydrogens is 242 g/mol. The number of aromatic nitrogens is 1. The lowest BCUT2D eigenvalue weighted by Crippen LogP contribution is -2.05. The van der Waals surface area contributed by atoms with Crippen LogP contribution in [0.25, 0.3) is 0 Å². The lowest BCUT2D eigenvalue weighted by atomic mass is 10.3. The van der Waals surface area contributed by atoms with Crippen LogP contribution in [0.3, 0.4) is 0 Å². The van der Waals surface area contributed by atoms with Crippen molar-refractivity contribution in [3.8, 4) is 11.6 Å². The van der Waals surface area contributed by atoms with Crippen LogP contribution in [-0.2, 0) is 4.79 Å². The quantitative estimate of drug-likeness (QED) is 0.886. The average molecular weight is 257 g/mol. The van der Waals surface area contributed by atoms with Crippen molar-refractivity contribution in [2.24, 2.45) is 0 Å². The van der Waals surface area contributed by atoms with Crippen LogP contribution < -0.4 is 15.8 Å². The Kier molecular flexibility index (Phi) is 3.66. The zero-order valence-electron chi connectivity index (χ0n) is 10.8. The van der Waals surface area contributed by atoms with Crippen molar-refractivity contribution in [3.63, 3.8) is 0 Å². The second kappa shape index (κ2) is 5.39. The van der Waals surface area contributed by atoms with Gasteiger partial charge in [-0.1, -0.05) is 0 Å². The first-order chi connectivity index (χ1) is 9.04. The Balaban J connectivity index is 2.13. The van der Waals surface area contributed by atoms with Gasteiger partial charge < -0.3 is 15.8 Å². The maximum absolute atomic E-state index is 10.9. The monoisotopic (exact) mass is 257 g/mol. The molecule has 5 heteroatoms. The summed E-state index contributed by atoms with van der Waals surface area (Å²) < 4.78 is 5.58. The lowest BCUT2D eigenvalue weighted by Gasteiger charge is -2.08. The third kappa shape index (κ3) is 3.45. The number of pyridine rings is 1. The van der Waals surface area contributed by atoms with Crippen LogP contribution in [0.1, 0.15) is 12.5 Å². The fourth-order valence-corrected chi connectivity index (χ4v) is 1.59. The molecule has 0 saturated carbocycles. The van der Waals surface area contributed by atoms with E-state index in [4.69, 9.17) is 10.5 Å². The number of aryl methyl sites for hydroxylation is 1. The molecule has 0 aliphatic rings. The topological polar surface area (TPSA) is 77.2 Å². The third-order valence-corrected chi connectivity index (χ3v) is 2.40. The van der Waals surface area contributed by atoms with Gasteiger partial charge in [-0.15, -0.1) is 0 Å². The Morgan fingerprint density at radius 1 is 1.32 bits per heavy atom. The number of carbonyl (C=O) groups is 1. The SMILES string of the molecule is CC(=O)Nc1ccc(Oc2ncc(C)cc2N)cc1. The van der Waals surface area contributed by atoms with Crippen molar-refractivity contribution in [2.45, 2.75) is 13.8 Å². The molecule has 0 atom stereocenters. The second-order valence-electron chi connectivity index (χ2n) is 4.21. The Morgan fingerprint density at radius 3 is 2.58 bits per heavy atom. The van der Waals surface area contributed by atoms with E-state index in [0.29, 0.717) is 23.0 Å². The molecule has 0 radical (unpaired) electrons. The van der Waals surface area contributed by atoms with Gasteiger partial charge in [0.2, 0.25) is 11.8 Å². The van der Waals surface area contributed by atoms with E-state index in [1.165, 1.54) is 6.92 Å². The molecule has 98 valence electrons. The zero-order valence-corrected chi connectivity index (χ0v) is 10.8. The summed E-state index contributed by atoms with van der Waals surface area (Å²) in [5, 5.41) is 2.68.